The third-order valence-electron chi connectivity index (χ3n) is 1.37. The van der Waals surface area contributed by atoms with Gasteiger partial charge in [0.15, 0.2) is 0 Å². The van der Waals surface area contributed by atoms with Crippen LogP contribution in [-0.2, 0) is 14.3 Å². The fourth-order valence-electron chi connectivity index (χ4n) is 0.682. The number of alkyl halides is 6. The Hall–Kier alpha value is -0.460. The largest absolute Gasteiger partial charge is 0.501 e. The van der Waals surface area contributed by atoms with Crippen LogP contribution >= 0.6 is 34.8 Å². The van der Waals surface area contributed by atoms with Gasteiger partial charge in [0.2, 0.25) is 5.78 Å². The van der Waals surface area contributed by atoms with Gasteiger partial charge in [-0.05, 0) is 6.92 Å². The van der Waals surface area contributed by atoms with Gasteiger partial charge in [-0.25, -0.2) is 0 Å². The van der Waals surface area contributed by atoms with Crippen molar-refractivity contribution in [1.82, 2.24) is 0 Å². The Balaban J connectivity index is 5.32. The highest BCUT2D eigenvalue weighted by Crippen LogP contribution is 2.32. The number of carbonyl (C=O) groups is 2. The first-order chi connectivity index (χ1) is 7.51. The lowest BCUT2D eigenvalue weighted by Gasteiger charge is -2.13. The summed E-state index contributed by atoms with van der Waals surface area (Å²) in [6.45, 7) is 1.38. The molecule has 0 aliphatic heterocycles. The van der Waals surface area contributed by atoms with Crippen molar-refractivity contribution in [3.8, 4) is 0 Å². The second kappa shape index (κ2) is 5.93. The first kappa shape index (κ1) is 16.5. The summed E-state index contributed by atoms with van der Waals surface area (Å²) in [4.78, 5) is 22.2. The van der Waals surface area contributed by atoms with Crippen LogP contribution in [0.3, 0.4) is 0 Å². The van der Waals surface area contributed by atoms with E-state index in [0.29, 0.717) is 6.26 Å². The number of Topliss-reactive ketones (excluding diaryl/α,β-unsaturated/α-hetero) is 2. The molecule has 0 atom stereocenters. The number of ketones is 2. The van der Waals surface area contributed by atoms with Crippen molar-refractivity contribution in [2.45, 2.75) is 16.9 Å². The van der Waals surface area contributed by atoms with Gasteiger partial charge in [0.25, 0.3) is 9.58 Å². The van der Waals surface area contributed by atoms with Crippen LogP contribution in [-0.4, -0.2) is 28.1 Å². The molecule has 0 saturated heterocycles. The van der Waals surface area contributed by atoms with Crippen LogP contribution in [0.15, 0.2) is 11.8 Å². The van der Waals surface area contributed by atoms with Crippen LogP contribution in [0.2, 0.25) is 0 Å². The van der Waals surface area contributed by atoms with Gasteiger partial charge in [-0.1, -0.05) is 34.8 Å². The number of halogens is 6. The zero-order chi connectivity index (χ0) is 13.9. The predicted octanol–water partition coefficient (Wildman–Crippen LogP) is 2.98. The maximum atomic E-state index is 12.1. The number of allylic oxidation sites excluding steroid dienone is 1. The van der Waals surface area contributed by atoms with Crippen molar-refractivity contribution in [2.75, 3.05) is 6.61 Å². The van der Waals surface area contributed by atoms with Crippen LogP contribution in [0.4, 0.5) is 13.2 Å². The Morgan fingerprint density at radius 1 is 1.18 bits per heavy atom. The summed E-state index contributed by atoms with van der Waals surface area (Å²) in [7, 11) is 0. The Bertz CT molecular complexity index is 316. The number of carbonyl (C=O) groups excluding carboxylic acids is 2. The Labute approximate surface area is 109 Å². The molecule has 0 rings (SSSR count). The van der Waals surface area contributed by atoms with E-state index in [2.05, 4.69) is 4.74 Å². The molecule has 3 nitrogen and oxygen atoms in total. The van der Waals surface area contributed by atoms with E-state index >= 15 is 0 Å². The zero-order valence-corrected chi connectivity index (χ0v) is 10.5. The fourth-order valence-corrected chi connectivity index (χ4v) is 0.988. The van der Waals surface area contributed by atoms with E-state index in [4.69, 9.17) is 34.8 Å². The molecule has 0 unspecified atom stereocenters. The molecule has 0 N–H and O–H groups in total. The third kappa shape index (κ3) is 5.14. The fraction of sp³-hybridized carbons (Fsp3) is 0.500. The second-order valence-electron chi connectivity index (χ2n) is 2.64. The van der Waals surface area contributed by atoms with Crippen LogP contribution in [0, 0.1) is 0 Å². The molecule has 98 valence electrons. The number of ether oxygens (including phenoxy) is 1. The van der Waals surface area contributed by atoms with E-state index in [9.17, 15) is 22.8 Å². The van der Waals surface area contributed by atoms with E-state index < -0.39 is 27.1 Å². The molecule has 0 heterocycles. The predicted molar refractivity (Wildman–Crippen MR) is 56.1 cm³/mol. The van der Waals surface area contributed by atoms with E-state index in [-0.39, 0.29) is 6.61 Å². The Morgan fingerprint density at radius 2 is 1.65 bits per heavy atom. The highest BCUT2D eigenvalue weighted by Gasteiger charge is 2.47. The molecule has 0 aliphatic carbocycles. The monoisotopic (exact) mass is 312 g/mol. The van der Waals surface area contributed by atoms with E-state index in [1.807, 2.05) is 0 Å². The summed E-state index contributed by atoms with van der Waals surface area (Å²) < 4.78 is 38.2. The molecule has 0 bridgehead atoms. The number of hydrogen-bond donors (Lipinski definition) is 0. The van der Waals surface area contributed by atoms with Crippen molar-refractivity contribution in [2.24, 2.45) is 0 Å². The number of rotatable bonds is 4. The smallest absolute Gasteiger partial charge is 0.455 e. The quantitative estimate of drug-likeness (QED) is 0.263. The molecule has 0 amide bonds. The molecular formula is C8H6Cl3F3O3. The lowest BCUT2D eigenvalue weighted by Crippen LogP contribution is -2.33. The third-order valence-corrected chi connectivity index (χ3v) is 1.89. The summed E-state index contributed by atoms with van der Waals surface area (Å²) >= 11 is 15.4. The standard InChI is InChI=1S/C8H6Cl3F3O3/c1-2-17-3-4(5(15)7(9,10)11)6(16)8(12,13)14/h3H,2H2,1H3/b4-3+. The van der Waals surface area contributed by atoms with Gasteiger partial charge in [-0.2, -0.15) is 13.2 Å². The van der Waals surface area contributed by atoms with E-state index in [1.54, 1.807) is 0 Å². The van der Waals surface area contributed by atoms with Crippen molar-refractivity contribution in [3.63, 3.8) is 0 Å². The van der Waals surface area contributed by atoms with Crippen molar-refractivity contribution in [3.05, 3.63) is 11.8 Å². The molecule has 0 spiro atoms. The molecular weight excluding hydrogens is 307 g/mol. The minimum absolute atomic E-state index is 0.0538. The van der Waals surface area contributed by atoms with Gasteiger partial charge in [-0.15, -0.1) is 0 Å². The van der Waals surface area contributed by atoms with Gasteiger partial charge in [0.1, 0.15) is 5.57 Å². The molecule has 0 radical (unpaired) electrons. The highest BCUT2D eigenvalue weighted by molar-refractivity contribution is 6.78. The van der Waals surface area contributed by atoms with Gasteiger partial charge < -0.3 is 4.74 Å². The van der Waals surface area contributed by atoms with Gasteiger partial charge >= 0.3 is 6.18 Å². The molecule has 0 saturated carbocycles. The highest BCUT2D eigenvalue weighted by atomic mass is 35.6. The second-order valence-corrected chi connectivity index (χ2v) is 4.92. The lowest BCUT2D eigenvalue weighted by molar-refractivity contribution is -0.167. The summed E-state index contributed by atoms with van der Waals surface area (Å²) in [5.74, 6) is -4.03. The van der Waals surface area contributed by atoms with Gasteiger partial charge in [-0.3, -0.25) is 9.59 Å². The van der Waals surface area contributed by atoms with Crippen molar-refractivity contribution < 1.29 is 27.5 Å². The Kier molecular flexibility index (Phi) is 5.77. The average Bonchev–Trinajstić information content (AvgIpc) is 2.14. The zero-order valence-electron chi connectivity index (χ0n) is 8.28. The minimum atomic E-state index is -5.26. The normalized spacial score (nSPS) is 13.5. The molecule has 0 aliphatic rings. The molecule has 0 fully saturated rings. The molecule has 0 aromatic rings. The van der Waals surface area contributed by atoms with Crippen molar-refractivity contribution in [1.29, 1.82) is 0 Å². The topological polar surface area (TPSA) is 43.4 Å². The average molecular weight is 313 g/mol. The van der Waals surface area contributed by atoms with E-state index in [1.165, 1.54) is 6.92 Å². The maximum Gasteiger partial charge on any atom is 0.455 e. The number of hydrogen-bond acceptors (Lipinski definition) is 3. The summed E-state index contributed by atoms with van der Waals surface area (Å²) in [6, 6.07) is 0. The van der Waals surface area contributed by atoms with Crippen LogP contribution in [0.25, 0.3) is 0 Å². The first-order valence-corrected chi connectivity index (χ1v) is 5.20. The van der Waals surface area contributed by atoms with Crippen LogP contribution in [0.5, 0.6) is 0 Å². The molecule has 0 aromatic carbocycles. The van der Waals surface area contributed by atoms with Crippen LogP contribution < -0.4 is 0 Å². The molecule has 0 aromatic heterocycles. The molecule has 17 heavy (non-hydrogen) atoms. The maximum absolute atomic E-state index is 12.1. The SMILES string of the molecule is CCO/C=C(/C(=O)C(F)(F)F)C(=O)C(Cl)(Cl)Cl. The Morgan fingerprint density at radius 3 is 1.94 bits per heavy atom. The van der Waals surface area contributed by atoms with E-state index in [0.717, 1.165) is 0 Å². The summed E-state index contributed by atoms with van der Waals surface area (Å²) in [5.41, 5.74) is -1.36. The minimum Gasteiger partial charge on any atom is -0.501 e. The van der Waals surface area contributed by atoms with Gasteiger partial charge in [0.05, 0.1) is 12.9 Å². The summed E-state index contributed by atoms with van der Waals surface area (Å²) in [5, 5.41) is 0. The van der Waals surface area contributed by atoms with Gasteiger partial charge in [0, 0.05) is 0 Å². The van der Waals surface area contributed by atoms with Crippen LogP contribution in [0.1, 0.15) is 6.92 Å². The molecule has 9 heteroatoms. The summed E-state index contributed by atoms with van der Waals surface area (Å²) in [6.07, 6.45) is -4.92. The lowest BCUT2D eigenvalue weighted by atomic mass is 10.1. The van der Waals surface area contributed by atoms with Crippen molar-refractivity contribution >= 4 is 46.4 Å². The first-order valence-electron chi connectivity index (χ1n) is 4.06.